The van der Waals surface area contributed by atoms with E-state index >= 15 is 0 Å². The second-order valence-corrected chi connectivity index (χ2v) is 4.70. The fourth-order valence-corrected chi connectivity index (χ4v) is 2.67. The molecule has 5 nitrogen and oxygen atoms in total. The highest BCUT2D eigenvalue weighted by Gasteiger charge is 2.08. The highest BCUT2D eigenvalue weighted by molar-refractivity contribution is 7.71. The van der Waals surface area contributed by atoms with E-state index in [1.807, 2.05) is 6.92 Å². The van der Waals surface area contributed by atoms with E-state index in [0.717, 1.165) is 45.6 Å². The normalized spacial score (nSPS) is 10.7. The van der Waals surface area contributed by atoms with Crippen molar-refractivity contribution in [3.8, 4) is 0 Å². The zero-order valence-corrected chi connectivity index (χ0v) is 12.9. The molecular formula is C13H16ClN5S. The van der Waals surface area contributed by atoms with Gasteiger partial charge >= 0.3 is 0 Å². The first-order chi connectivity index (χ1) is 9.24. The van der Waals surface area contributed by atoms with Crippen molar-refractivity contribution in [2.24, 2.45) is 0 Å². The molecule has 0 atom stereocenters. The zero-order chi connectivity index (χ0) is 13.4. The van der Waals surface area contributed by atoms with Crippen molar-refractivity contribution in [3.05, 3.63) is 23.2 Å². The Bertz CT molecular complexity index is 807. The van der Waals surface area contributed by atoms with Crippen molar-refractivity contribution >= 4 is 52.4 Å². The number of benzene rings is 1. The Morgan fingerprint density at radius 3 is 2.80 bits per heavy atom. The summed E-state index contributed by atoms with van der Waals surface area (Å²) in [4.78, 5) is 11.9. The molecule has 3 aromatic rings. The largest absolute Gasteiger partial charge is 0.370 e. The Kier molecular flexibility index (Phi) is 4.25. The molecule has 7 heteroatoms. The Hall–Kier alpha value is -1.66. The van der Waals surface area contributed by atoms with Gasteiger partial charge < -0.3 is 14.9 Å². The minimum absolute atomic E-state index is 0. The molecular weight excluding hydrogens is 294 g/mol. The van der Waals surface area contributed by atoms with E-state index in [2.05, 4.69) is 43.9 Å². The summed E-state index contributed by atoms with van der Waals surface area (Å²) in [6.45, 7) is 5.80. The first-order valence-corrected chi connectivity index (χ1v) is 6.76. The number of halogens is 1. The molecule has 20 heavy (non-hydrogen) atoms. The molecule has 2 N–H and O–H groups in total. The highest BCUT2D eigenvalue weighted by Crippen LogP contribution is 2.25. The smallest absolute Gasteiger partial charge is 0.178 e. The third-order valence-corrected chi connectivity index (χ3v) is 3.51. The van der Waals surface area contributed by atoms with Crippen molar-refractivity contribution in [3.63, 3.8) is 0 Å². The summed E-state index contributed by atoms with van der Waals surface area (Å²) >= 11 is 5.33. The van der Waals surface area contributed by atoms with Crippen LogP contribution >= 0.6 is 24.6 Å². The summed E-state index contributed by atoms with van der Waals surface area (Å²) in [5, 5.41) is 4.26. The maximum Gasteiger partial charge on any atom is 0.178 e. The van der Waals surface area contributed by atoms with Crippen molar-refractivity contribution in [1.29, 1.82) is 0 Å². The lowest BCUT2D eigenvalue weighted by Gasteiger charge is -2.06. The molecule has 3 rings (SSSR count). The fourth-order valence-electron chi connectivity index (χ4n) is 2.33. The predicted octanol–water partition coefficient (Wildman–Crippen LogP) is 3.52. The third kappa shape index (κ3) is 2.25. The number of nitrogens with one attached hydrogen (secondary N) is 2. The van der Waals surface area contributed by atoms with Gasteiger partial charge in [0.1, 0.15) is 12.1 Å². The van der Waals surface area contributed by atoms with E-state index in [1.54, 1.807) is 6.33 Å². The average Bonchev–Trinajstić information content (AvgIpc) is 2.71. The van der Waals surface area contributed by atoms with Crippen molar-refractivity contribution < 1.29 is 0 Å². The number of aryl methyl sites for hydroxylation is 1. The maximum absolute atomic E-state index is 5.33. The molecule has 2 aromatic heterocycles. The van der Waals surface area contributed by atoms with Crippen LogP contribution in [0.4, 0.5) is 5.82 Å². The number of hydrogen-bond donors (Lipinski definition) is 2. The molecule has 0 bridgehead atoms. The molecule has 106 valence electrons. The van der Waals surface area contributed by atoms with Crippen LogP contribution in [-0.4, -0.2) is 26.1 Å². The minimum atomic E-state index is 0. The first kappa shape index (κ1) is 14.7. The number of imidazole rings is 1. The Labute approximate surface area is 127 Å². The van der Waals surface area contributed by atoms with Crippen LogP contribution in [-0.2, 0) is 6.54 Å². The summed E-state index contributed by atoms with van der Waals surface area (Å²) in [7, 11) is 0. The molecule has 0 aliphatic carbocycles. The molecule has 0 aliphatic rings. The molecule has 0 spiro atoms. The SMILES string of the molecule is CCNc1ncnc2cc3c(cc12)[nH]c(=S)n3CC.Cl. The van der Waals surface area contributed by atoms with Crippen molar-refractivity contribution in [1.82, 2.24) is 19.5 Å². The monoisotopic (exact) mass is 309 g/mol. The van der Waals surface area contributed by atoms with Gasteiger partial charge in [-0.15, -0.1) is 12.4 Å². The maximum atomic E-state index is 5.33. The lowest BCUT2D eigenvalue weighted by Crippen LogP contribution is -2.00. The van der Waals surface area contributed by atoms with Crippen LogP contribution in [0.1, 0.15) is 13.8 Å². The second-order valence-electron chi connectivity index (χ2n) is 4.31. The number of aromatic nitrogens is 4. The number of rotatable bonds is 3. The zero-order valence-electron chi connectivity index (χ0n) is 11.3. The quantitative estimate of drug-likeness (QED) is 0.727. The minimum Gasteiger partial charge on any atom is -0.370 e. The third-order valence-electron chi connectivity index (χ3n) is 3.19. The van der Waals surface area contributed by atoms with Gasteiger partial charge in [-0.25, -0.2) is 9.97 Å². The van der Waals surface area contributed by atoms with Gasteiger partial charge in [0.15, 0.2) is 4.77 Å². The number of fused-ring (bicyclic) bond motifs is 2. The highest BCUT2D eigenvalue weighted by atomic mass is 35.5. The summed E-state index contributed by atoms with van der Waals surface area (Å²) < 4.78 is 2.81. The molecule has 2 heterocycles. The van der Waals surface area contributed by atoms with Crippen LogP contribution in [0.3, 0.4) is 0 Å². The number of hydrogen-bond acceptors (Lipinski definition) is 4. The van der Waals surface area contributed by atoms with Crippen LogP contribution < -0.4 is 5.32 Å². The van der Waals surface area contributed by atoms with Crippen LogP contribution in [0.5, 0.6) is 0 Å². The van der Waals surface area contributed by atoms with Gasteiger partial charge in [0.05, 0.1) is 16.6 Å². The van der Waals surface area contributed by atoms with E-state index in [4.69, 9.17) is 12.2 Å². The van der Waals surface area contributed by atoms with Gasteiger partial charge in [-0.2, -0.15) is 0 Å². The molecule has 0 saturated carbocycles. The number of anilines is 1. The van der Waals surface area contributed by atoms with Gasteiger partial charge in [0.2, 0.25) is 0 Å². The van der Waals surface area contributed by atoms with Gasteiger partial charge in [-0.3, -0.25) is 0 Å². The number of aromatic amines is 1. The predicted molar refractivity (Wildman–Crippen MR) is 87.3 cm³/mol. The molecule has 0 aliphatic heterocycles. The number of H-pyrrole nitrogens is 1. The lowest BCUT2D eigenvalue weighted by molar-refractivity contribution is 0.774. The fraction of sp³-hybridized carbons (Fsp3) is 0.308. The van der Waals surface area contributed by atoms with Crippen LogP contribution in [0.2, 0.25) is 0 Å². The Morgan fingerprint density at radius 1 is 1.30 bits per heavy atom. The van der Waals surface area contributed by atoms with E-state index in [1.165, 1.54) is 0 Å². The van der Waals surface area contributed by atoms with Crippen molar-refractivity contribution in [2.75, 3.05) is 11.9 Å². The van der Waals surface area contributed by atoms with E-state index in [0.29, 0.717) is 0 Å². The van der Waals surface area contributed by atoms with Crippen LogP contribution in [0, 0.1) is 4.77 Å². The topological polar surface area (TPSA) is 58.5 Å². The summed E-state index contributed by atoms with van der Waals surface area (Å²) in [5.41, 5.74) is 3.03. The van der Waals surface area contributed by atoms with Gasteiger partial charge in [0.25, 0.3) is 0 Å². The van der Waals surface area contributed by atoms with E-state index in [9.17, 15) is 0 Å². The van der Waals surface area contributed by atoms with E-state index in [-0.39, 0.29) is 12.4 Å². The Morgan fingerprint density at radius 2 is 2.10 bits per heavy atom. The molecule has 0 radical (unpaired) electrons. The first-order valence-electron chi connectivity index (χ1n) is 6.35. The van der Waals surface area contributed by atoms with Gasteiger partial charge in [-0.1, -0.05) is 0 Å². The molecule has 0 saturated heterocycles. The molecule has 0 unspecified atom stereocenters. The Balaban J connectivity index is 0.00000147. The van der Waals surface area contributed by atoms with Crippen molar-refractivity contribution in [2.45, 2.75) is 20.4 Å². The summed E-state index contributed by atoms with van der Waals surface area (Å²) in [6.07, 6.45) is 1.59. The molecule has 1 aromatic carbocycles. The van der Waals surface area contributed by atoms with Gasteiger partial charge in [0, 0.05) is 18.5 Å². The average molecular weight is 310 g/mol. The summed E-state index contributed by atoms with van der Waals surface area (Å²) in [5.74, 6) is 0.859. The molecule has 0 fully saturated rings. The second kappa shape index (κ2) is 5.76. The summed E-state index contributed by atoms with van der Waals surface area (Å²) in [6, 6.07) is 4.12. The number of nitrogens with zero attached hydrogens (tertiary/aromatic N) is 3. The van der Waals surface area contributed by atoms with E-state index < -0.39 is 0 Å². The lowest BCUT2D eigenvalue weighted by atomic mass is 10.2. The standard InChI is InChI=1S/C13H15N5S.ClH/c1-3-14-12-8-5-10-11(6-9(8)15-7-16-12)18(4-2)13(19)17-10;/h5-7H,3-4H2,1-2H3,(H,17,19)(H,14,15,16);1H. The van der Waals surface area contributed by atoms with Crippen LogP contribution in [0.15, 0.2) is 18.5 Å². The molecule has 0 amide bonds. The van der Waals surface area contributed by atoms with Gasteiger partial charge in [-0.05, 0) is 38.2 Å². The van der Waals surface area contributed by atoms with Crippen LogP contribution in [0.25, 0.3) is 21.9 Å².